The number of benzene rings is 1. The third-order valence-electron chi connectivity index (χ3n) is 3.03. The summed E-state index contributed by atoms with van der Waals surface area (Å²) in [4.78, 5) is 3.84. The van der Waals surface area contributed by atoms with Crippen LogP contribution >= 0.6 is 0 Å². The van der Waals surface area contributed by atoms with Crippen LogP contribution in [0.3, 0.4) is 0 Å². The first-order valence-electron chi connectivity index (χ1n) is 6.70. The number of rotatable bonds is 5. The van der Waals surface area contributed by atoms with E-state index in [2.05, 4.69) is 11.1 Å². The van der Waals surface area contributed by atoms with Gasteiger partial charge in [0.15, 0.2) is 6.39 Å². The van der Waals surface area contributed by atoms with Crippen LogP contribution in [-0.2, 0) is 6.42 Å². The van der Waals surface area contributed by atoms with E-state index >= 15 is 0 Å². The molecule has 0 saturated heterocycles. The lowest BCUT2D eigenvalue weighted by Gasteiger charge is -2.10. The van der Waals surface area contributed by atoms with Crippen molar-refractivity contribution in [2.24, 2.45) is 0 Å². The predicted octanol–water partition coefficient (Wildman–Crippen LogP) is 4.07. The van der Waals surface area contributed by atoms with E-state index in [1.54, 1.807) is 25.4 Å². The fourth-order valence-electron chi connectivity index (χ4n) is 1.93. The first-order chi connectivity index (χ1) is 10.1. The van der Waals surface area contributed by atoms with Gasteiger partial charge in [-0.3, -0.25) is 0 Å². The quantitative estimate of drug-likeness (QED) is 0.841. The van der Waals surface area contributed by atoms with Gasteiger partial charge in [-0.1, -0.05) is 17.7 Å². The molecule has 0 aliphatic heterocycles. The number of aromatic nitrogens is 1. The first-order valence-corrected chi connectivity index (χ1v) is 6.70. The molecule has 110 valence electrons. The van der Waals surface area contributed by atoms with Gasteiger partial charge in [-0.2, -0.15) is 0 Å². The number of oxazole rings is 1. The normalized spacial score (nSPS) is 10.8. The van der Waals surface area contributed by atoms with Crippen molar-refractivity contribution in [3.05, 3.63) is 53.3 Å². The summed E-state index contributed by atoms with van der Waals surface area (Å²) in [6.45, 7) is 4.05. The molecule has 2 aromatic rings. The van der Waals surface area contributed by atoms with Crippen molar-refractivity contribution in [3.8, 4) is 11.5 Å². The summed E-state index contributed by atoms with van der Waals surface area (Å²) in [6, 6.07) is 3.60. The fraction of sp³-hybridized carbons (Fsp3) is 0.235. The zero-order valence-corrected chi connectivity index (χ0v) is 12.5. The van der Waals surface area contributed by atoms with E-state index in [0.717, 1.165) is 11.1 Å². The van der Waals surface area contributed by atoms with Crippen molar-refractivity contribution in [3.63, 3.8) is 0 Å². The Hall–Kier alpha value is -2.49. The van der Waals surface area contributed by atoms with Crippen LogP contribution in [0.1, 0.15) is 30.7 Å². The van der Waals surface area contributed by atoms with Gasteiger partial charge >= 0.3 is 0 Å². The molecule has 21 heavy (non-hydrogen) atoms. The molecule has 0 aliphatic carbocycles. The minimum absolute atomic E-state index is 0.226. The number of aromatic hydroxyl groups is 1. The van der Waals surface area contributed by atoms with Crippen LogP contribution in [0.2, 0.25) is 0 Å². The molecule has 1 aromatic heterocycles. The third-order valence-corrected chi connectivity index (χ3v) is 3.03. The van der Waals surface area contributed by atoms with Crippen LogP contribution in [0, 0.1) is 0 Å². The SMILES string of the molecule is COc1cc(/C=C/c2cnco2)cc(O)c1CC=C(C)C. The molecule has 2 rings (SSSR count). The number of allylic oxidation sites excluding steroid dienone is 2. The molecule has 1 N–H and O–H groups in total. The average Bonchev–Trinajstić information content (AvgIpc) is 2.96. The standard InChI is InChI=1S/C17H19NO3/c1-12(2)4-7-15-16(19)8-13(9-17(15)20-3)5-6-14-10-18-11-21-14/h4-6,8-11,19H,7H2,1-3H3/b6-5+. The highest BCUT2D eigenvalue weighted by Gasteiger charge is 2.09. The maximum Gasteiger partial charge on any atom is 0.181 e. The summed E-state index contributed by atoms with van der Waals surface area (Å²) in [5.41, 5.74) is 2.82. The van der Waals surface area contributed by atoms with Gasteiger partial charge in [0, 0.05) is 5.56 Å². The molecule has 1 heterocycles. The molecular weight excluding hydrogens is 266 g/mol. The lowest BCUT2D eigenvalue weighted by Crippen LogP contribution is -1.93. The van der Waals surface area contributed by atoms with Gasteiger partial charge in [0.1, 0.15) is 17.3 Å². The number of hydrogen-bond acceptors (Lipinski definition) is 4. The average molecular weight is 285 g/mol. The second-order valence-corrected chi connectivity index (χ2v) is 4.94. The summed E-state index contributed by atoms with van der Waals surface area (Å²) >= 11 is 0. The molecule has 4 heteroatoms. The van der Waals surface area contributed by atoms with Crippen molar-refractivity contribution in [2.45, 2.75) is 20.3 Å². The Morgan fingerprint density at radius 2 is 2.14 bits per heavy atom. The molecular formula is C17H19NO3. The summed E-state index contributed by atoms with van der Waals surface area (Å²) in [5.74, 6) is 1.55. The van der Waals surface area contributed by atoms with Crippen molar-refractivity contribution < 1.29 is 14.3 Å². The Balaban J connectivity index is 2.29. The van der Waals surface area contributed by atoms with Crippen LogP contribution in [-0.4, -0.2) is 17.2 Å². The monoisotopic (exact) mass is 285 g/mol. The lowest BCUT2D eigenvalue weighted by atomic mass is 10.0. The Labute approximate surface area is 124 Å². The Kier molecular flexibility index (Phi) is 4.82. The molecule has 0 spiro atoms. The number of phenols is 1. The summed E-state index contributed by atoms with van der Waals surface area (Å²) in [5, 5.41) is 10.2. The molecule has 0 unspecified atom stereocenters. The largest absolute Gasteiger partial charge is 0.507 e. The summed E-state index contributed by atoms with van der Waals surface area (Å²) in [6.07, 6.45) is 9.33. The van der Waals surface area contributed by atoms with Crippen LogP contribution in [0.5, 0.6) is 11.5 Å². The topological polar surface area (TPSA) is 55.5 Å². The van der Waals surface area contributed by atoms with Gasteiger partial charge in [0.25, 0.3) is 0 Å². The molecule has 0 bridgehead atoms. The van der Waals surface area contributed by atoms with Gasteiger partial charge in [0.2, 0.25) is 0 Å². The second-order valence-electron chi connectivity index (χ2n) is 4.94. The van der Waals surface area contributed by atoms with Crippen molar-refractivity contribution in [2.75, 3.05) is 7.11 Å². The number of ether oxygens (including phenoxy) is 1. The first kappa shape index (κ1) is 14.9. The maximum atomic E-state index is 10.2. The lowest BCUT2D eigenvalue weighted by molar-refractivity contribution is 0.401. The maximum absolute atomic E-state index is 10.2. The summed E-state index contributed by atoms with van der Waals surface area (Å²) in [7, 11) is 1.60. The molecule has 0 atom stereocenters. The number of nitrogens with zero attached hydrogens (tertiary/aromatic N) is 1. The highest BCUT2D eigenvalue weighted by molar-refractivity contribution is 5.69. The van der Waals surface area contributed by atoms with Crippen molar-refractivity contribution in [1.29, 1.82) is 0 Å². The van der Waals surface area contributed by atoms with E-state index in [1.807, 2.05) is 26.0 Å². The van der Waals surface area contributed by atoms with Crippen molar-refractivity contribution >= 4 is 12.2 Å². The molecule has 1 aromatic carbocycles. The van der Waals surface area contributed by atoms with Gasteiger partial charge in [-0.05, 0) is 44.0 Å². The van der Waals surface area contributed by atoms with Gasteiger partial charge in [-0.25, -0.2) is 4.98 Å². The molecule has 0 aliphatic rings. The van der Waals surface area contributed by atoms with E-state index in [4.69, 9.17) is 9.15 Å². The minimum atomic E-state index is 0.226. The second kappa shape index (κ2) is 6.79. The molecule has 0 fully saturated rings. The molecule has 4 nitrogen and oxygen atoms in total. The zero-order chi connectivity index (χ0) is 15.2. The summed E-state index contributed by atoms with van der Waals surface area (Å²) < 4.78 is 10.5. The number of hydrogen-bond donors (Lipinski definition) is 1. The van der Waals surface area contributed by atoms with E-state index in [0.29, 0.717) is 17.9 Å². The number of phenolic OH excluding ortho intramolecular Hbond substituents is 1. The van der Waals surface area contributed by atoms with E-state index < -0.39 is 0 Å². The highest BCUT2D eigenvalue weighted by atomic mass is 16.5. The number of methoxy groups -OCH3 is 1. The third kappa shape index (κ3) is 3.99. The van der Waals surface area contributed by atoms with E-state index in [-0.39, 0.29) is 5.75 Å². The minimum Gasteiger partial charge on any atom is -0.507 e. The van der Waals surface area contributed by atoms with Gasteiger partial charge in [-0.15, -0.1) is 0 Å². The van der Waals surface area contributed by atoms with E-state index in [9.17, 15) is 5.11 Å². The fourth-order valence-corrected chi connectivity index (χ4v) is 1.93. The van der Waals surface area contributed by atoms with Gasteiger partial charge in [0.05, 0.1) is 13.3 Å². The molecule has 0 radical (unpaired) electrons. The molecule has 0 saturated carbocycles. The van der Waals surface area contributed by atoms with Crippen LogP contribution in [0.15, 0.2) is 40.8 Å². The smallest absolute Gasteiger partial charge is 0.181 e. The van der Waals surface area contributed by atoms with Crippen LogP contribution < -0.4 is 4.74 Å². The predicted molar refractivity (Wildman–Crippen MR) is 83.2 cm³/mol. The Morgan fingerprint density at radius 3 is 2.76 bits per heavy atom. The highest BCUT2D eigenvalue weighted by Crippen LogP contribution is 2.31. The Bertz CT molecular complexity index is 651. The zero-order valence-electron chi connectivity index (χ0n) is 12.5. The van der Waals surface area contributed by atoms with Crippen LogP contribution in [0.4, 0.5) is 0 Å². The van der Waals surface area contributed by atoms with Crippen molar-refractivity contribution in [1.82, 2.24) is 4.98 Å². The Morgan fingerprint density at radius 1 is 1.33 bits per heavy atom. The molecule has 0 amide bonds. The van der Waals surface area contributed by atoms with Gasteiger partial charge < -0.3 is 14.3 Å². The van der Waals surface area contributed by atoms with Crippen LogP contribution in [0.25, 0.3) is 12.2 Å². The van der Waals surface area contributed by atoms with E-state index in [1.165, 1.54) is 12.0 Å².